The van der Waals surface area contributed by atoms with Crippen LogP contribution < -0.4 is 11.1 Å². The maximum atomic E-state index is 12.3. The van der Waals surface area contributed by atoms with Crippen LogP contribution in [0.25, 0.3) is 0 Å². The standard InChI is InChI=1S/C14H18ClIN2O.ClH/c15-12-7-10(16)5-6-11(12)14(19)18-13-4-2-1-3-9(13)8-17;/h5-7,9,13H,1-4,8,17H2,(H,18,19);1H. The number of benzene rings is 1. The fraction of sp³-hybridized carbons (Fsp3) is 0.500. The summed E-state index contributed by atoms with van der Waals surface area (Å²) in [6, 6.07) is 5.65. The summed E-state index contributed by atoms with van der Waals surface area (Å²) in [5, 5.41) is 3.59. The lowest BCUT2D eigenvalue weighted by Gasteiger charge is -2.31. The smallest absolute Gasteiger partial charge is 0.253 e. The molecule has 2 unspecified atom stereocenters. The molecule has 1 fully saturated rings. The van der Waals surface area contributed by atoms with Crippen molar-refractivity contribution in [2.75, 3.05) is 6.54 Å². The predicted molar refractivity (Wildman–Crippen MR) is 93.7 cm³/mol. The van der Waals surface area contributed by atoms with Crippen molar-refractivity contribution in [3.05, 3.63) is 32.4 Å². The molecule has 1 aromatic carbocycles. The molecule has 2 atom stereocenters. The number of hydrogen-bond donors (Lipinski definition) is 2. The number of nitrogens with two attached hydrogens (primary N) is 1. The molecule has 0 spiro atoms. The molecule has 6 heteroatoms. The second-order valence-corrected chi connectivity index (χ2v) is 6.64. The van der Waals surface area contributed by atoms with Gasteiger partial charge in [0.25, 0.3) is 5.91 Å². The van der Waals surface area contributed by atoms with Gasteiger partial charge in [-0.2, -0.15) is 0 Å². The van der Waals surface area contributed by atoms with Gasteiger partial charge in [0.1, 0.15) is 0 Å². The molecule has 1 amide bonds. The first kappa shape index (κ1) is 18.0. The van der Waals surface area contributed by atoms with Crippen LogP contribution in [0, 0.1) is 9.49 Å². The summed E-state index contributed by atoms with van der Waals surface area (Å²) in [6.07, 6.45) is 4.47. The Morgan fingerprint density at radius 1 is 1.40 bits per heavy atom. The number of nitrogens with one attached hydrogen (secondary N) is 1. The van der Waals surface area contributed by atoms with Crippen molar-refractivity contribution in [3.63, 3.8) is 0 Å². The fourth-order valence-corrected chi connectivity index (χ4v) is 3.54. The highest BCUT2D eigenvalue weighted by Gasteiger charge is 2.26. The molecule has 0 heterocycles. The first-order valence-corrected chi connectivity index (χ1v) is 8.03. The van der Waals surface area contributed by atoms with Crippen molar-refractivity contribution in [2.24, 2.45) is 11.7 Å². The second kappa shape index (κ2) is 8.41. The van der Waals surface area contributed by atoms with Crippen molar-refractivity contribution in [1.29, 1.82) is 0 Å². The molecule has 0 aliphatic heterocycles. The molecule has 0 radical (unpaired) electrons. The van der Waals surface area contributed by atoms with Crippen LogP contribution in [0.15, 0.2) is 18.2 Å². The quantitative estimate of drug-likeness (QED) is 0.722. The zero-order valence-corrected chi connectivity index (χ0v) is 14.8. The third-order valence-electron chi connectivity index (χ3n) is 3.70. The normalized spacial score (nSPS) is 21.9. The maximum absolute atomic E-state index is 12.3. The predicted octanol–water partition coefficient (Wildman–Crippen LogP) is 3.61. The van der Waals surface area contributed by atoms with Gasteiger partial charge in [-0.3, -0.25) is 4.79 Å². The lowest BCUT2D eigenvalue weighted by molar-refractivity contribution is 0.0908. The Hall–Kier alpha value is -0.0400. The summed E-state index contributed by atoms with van der Waals surface area (Å²) in [6.45, 7) is 0.630. The van der Waals surface area contributed by atoms with Crippen LogP contribution >= 0.6 is 46.6 Å². The van der Waals surface area contributed by atoms with E-state index < -0.39 is 0 Å². The van der Waals surface area contributed by atoms with E-state index in [9.17, 15) is 4.79 Å². The molecule has 1 aliphatic rings. The van der Waals surface area contributed by atoms with E-state index in [0.29, 0.717) is 23.0 Å². The van der Waals surface area contributed by atoms with E-state index in [0.717, 1.165) is 22.8 Å². The van der Waals surface area contributed by atoms with Gasteiger partial charge in [0.15, 0.2) is 0 Å². The van der Waals surface area contributed by atoms with Crippen LogP contribution in [-0.2, 0) is 0 Å². The van der Waals surface area contributed by atoms with E-state index in [1.54, 1.807) is 12.1 Å². The molecule has 2 rings (SSSR count). The molecule has 0 bridgehead atoms. The van der Waals surface area contributed by atoms with E-state index in [1.807, 2.05) is 6.07 Å². The summed E-state index contributed by atoms with van der Waals surface area (Å²) in [4.78, 5) is 12.3. The van der Waals surface area contributed by atoms with Crippen LogP contribution in [0.1, 0.15) is 36.0 Å². The molecule has 20 heavy (non-hydrogen) atoms. The molecule has 112 valence electrons. The molecular weight excluding hydrogens is 410 g/mol. The van der Waals surface area contributed by atoms with Gasteiger partial charge in [-0.05, 0) is 66.1 Å². The van der Waals surface area contributed by atoms with Gasteiger partial charge in [0.2, 0.25) is 0 Å². The number of hydrogen-bond acceptors (Lipinski definition) is 2. The van der Waals surface area contributed by atoms with Gasteiger partial charge in [-0.25, -0.2) is 0 Å². The first-order valence-electron chi connectivity index (χ1n) is 6.58. The average Bonchev–Trinajstić information content (AvgIpc) is 2.39. The number of carbonyl (C=O) groups excluding carboxylic acids is 1. The molecule has 3 N–H and O–H groups in total. The van der Waals surface area contributed by atoms with Crippen molar-refractivity contribution in [1.82, 2.24) is 5.32 Å². The largest absolute Gasteiger partial charge is 0.349 e. The van der Waals surface area contributed by atoms with Crippen molar-refractivity contribution in [2.45, 2.75) is 31.7 Å². The highest BCUT2D eigenvalue weighted by atomic mass is 127. The molecule has 0 saturated heterocycles. The molecule has 3 nitrogen and oxygen atoms in total. The van der Waals surface area contributed by atoms with Crippen LogP contribution in [-0.4, -0.2) is 18.5 Å². The number of carbonyl (C=O) groups is 1. The Balaban J connectivity index is 0.00000200. The minimum atomic E-state index is -0.0910. The van der Waals surface area contributed by atoms with Gasteiger partial charge in [-0.1, -0.05) is 24.4 Å². The minimum absolute atomic E-state index is 0. The third kappa shape index (κ3) is 4.48. The van der Waals surface area contributed by atoms with Crippen molar-refractivity contribution < 1.29 is 4.79 Å². The van der Waals surface area contributed by atoms with E-state index in [2.05, 4.69) is 27.9 Å². The molecule has 0 aromatic heterocycles. The lowest BCUT2D eigenvalue weighted by Crippen LogP contribution is -2.44. The Labute approximate surface area is 144 Å². The molecule has 1 saturated carbocycles. The summed E-state index contributed by atoms with van der Waals surface area (Å²) in [5.41, 5.74) is 6.32. The average molecular weight is 429 g/mol. The number of amides is 1. The SMILES string of the molecule is Cl.NCC1CCCCC1NC(=O)c1ccc(I)cc1Cl. The second-order valence-electron chi connectivity index (χ2n) is 4.98. The lowest BCUT2D eigenvalue weighted by atomic mass is 9.84. The van der Waals surface area contributed by atoms with Gasteiger partial charge in [0.05, 0.1) is 10.6 Å². The Morgan fingerprint density at radius 2 is 2.10 bits per heavy atom. The van der Waals surface area contributed by atoms with E-state index >= 15 is 0 Å². The Bertz CT molecular complexity index is 470. The van der Waals surface area contributed by atoms with Gasteiger partial charge in [-0.15, -0.1) is 12.4 Å². The van der Waals surface area contributed by atoms with E-state index in [-0.39, 0.29) is 24.4 Å². The zero-order valence-electron chi connectivity index (χ0n) is 11.1. The van der Waals surface area contributed by atoms with Crippen LogP contribution in [0.2, 0.25) is 5.02 Å². The Morgan fingerprint density at radius 3 is 2.75 bits per heavy atom. The summed E-state index contributed by atoms with van der Waals surface area (Å²) >= 11 is 8.30. The summed E-state index contributed by atoms with van der Waals surface area (Å²) < 4.78 is 1.02. The van der Waals surface area contributed by atoms with Gasteiger partial charge >= 0.3 is 0 Å². The molecule has 1 aromatic rings. The van der Waals surface area contributed by atoms with E-state index in [4.69, 9.17) is 17.3 Å². The first-order chi connectivity index (χ1) is 9.11. The van der Waals surface area contributed by atoms with Crippen LogP contribution in [0.4, 0.5) is 0 Å². The highest BCUT2D eigenvalue weighted by Crippen LogP contribution is 2.25. The van der Waals surface area contributed by atoms with Crippen LogP contribution in [0.5, 0.6) is 0 Å². The minimum Gasteiger partial charge on any atom is -0.349 e. The van der Waals surface area contributed by atoms with Gasteiger partial charge in [0, 0.05) is 9.61 Å². The van der Waals surface area contributed by atoms with Crippen LogP contribution in [0.3, 0.4) is 0 Å². The zero-order chi connectivity index (χ0) is 13.8. The highest BCUT2D eigenvalue weighted by molar-refractivity contribution is 14.1. The van der Waals surface area contributed by atoms with Crippen molar-refractivity contribution >= 4 is 52.5 Å². The summed E-state index contributed by atoms with van der Waals surface area (Å²) in [5.74, 6) is 0.298. The Kier molecular flexibility index (Phi) is 7.58. The van der Waals surface area contributed by atoms with Gasteiger partial charge < -0.3 is 11.1 Å². The summed E-state index contributed by atoms with van der Waals surface area (Å²) in [7, 11) is 0. The maximum Gasteiger partial charge on any atom is 0.253 e. The molecule has 1 aliphatic carbocycles. The monoisotopic (exact) mass is 428 g/mol. The topological polar surface area (TPSA) is 55.1 Å². The number of halogens is 3. The third-order valence-corrected chi connectivity index (χ3v) is 4.69. The van der Waals surface area contributed by atoms with E-state index in [1.165, 1.54) is 6.42 Å². The fourth-order valence-electron chi connectivity index (χ4n) is 2.60. The number of rotatable bonds is 3. The van der Waals surface area contributed by atoms with Crippen molar-refractivity contribution in [3.8, 4) is 0 Å². The molecular formula is C14H19Cl2IN2O.